The molecule has 7 heteroatoms. The smallest absolute Gasteiger partial charge is 0.322 e. The third-order valence-electron chi connectivity index (χ3n) is 2.08. The van der Waals surface area contributed by atoms with Crippen molar-refractivity contribution in [2.24, 2.45) is 5.73 Å². The lowest BCUT2D eigenvalue weighted by molar-refractivity contribution is 0.102. The van der Waals surface area contributed by atoms with Crippen molar-refractivity contribution in [3.63, 3.8) is 0 Å². The van der Waals surface area contributed by atoms with Crippen molar-refractivity contribution in [3.05, 3.63) is 35.5 Å². The predicted molar refractivity (Wildman–Crippen MR) is 67.2 cm³/mol. The second kappa shape index (κ2) is 5.75. The normalized spacial score (nSPS) is 9.58. The molecule has 19 heavy (non-hydrogen) atoms. The Hall–Kier alpha value is -2.72. The molecule has 0 fully saturated rings. The van der Waals surface area contributed by atoms with Gasteiger partial charge in [-0.05, 0) is 6.07 Å². The molecular weight excluding hydrogens is 246 g/mol. The Kier molecular flexibility index (Phi) is 3.85. The third kappa shape index (κ3) is 3.37. The summed E-state index contributed by atoms with van der Waals surface area (Å²) in [5.74, 6) is 5.46. The van der Waals surface area contributed by atoms with Crippen LogP contribution in [0.4, 0.5) is 6.01 Å². The van der Waals surface area contributed by atoms with E-state index in [1.165, 1.54) is 6.20 Å². The fourth-order valence-corrected chi connectivity index (χ4v) is 1.30. The van der Waals surface area contributed by atoms with E-state index in [0.29, 0.717) is 17.0 Å². The van der Waals surface area contributed by atoms with Gasteiger partial charge in [-0.1, -0.05) is 16.9 Å². The summed E-state index contributed by atoms with van der Waals surface area (Å²) in [7, 11) is 0. The molecule has 0 bridgehead atoms. The molecule has 1 amide bonds. The van der Waals surface area contributed by atoms with Gasteiger partial charge < -0.3 is 10.2 Å². The fraction of sp³-hybridized carbons (Fsp3) is 0.167. The molecule has 0 spiro atoms. The highest BCUT2D eigenvalue weighted by Crippen LogP contribution is 2.08. The van der Waals surface area contributed by atoms with Crippen LogP contribution < -0.4 is 11.1 Å². The molecule has 2 rings (SSSR count). The van der Waals surface area contributed by atoms with E-state index in [1.54, 1.807) is 19.2 Å². The molecule has 0 atom stereocenters. The van der Waals surface area contributed by atoms with Crippen LogP contribution in [0.1, 0.15) is 21.8 Å². The number of anilines is 1. The van der Waals surface area contributed by atoms with E-state index in [9.17, 15) is 4.79 Å². The lowest BCUT2D eigenvalue weighted by Gasteiger charge is -2.00. The summed E-state index contributed by atoms with van der Waals surface area (Å²) in [6, 6.07) is 1.65. The zero-order chi connectivity index (χ0) is 13.7. The Balaban J connectivity index is 2.15. The number of carbonyl (C=O) groups is 1. The molecule has 2 aromatic rings. The zero-order valence-electron chi connectivity index (χ0n) is 10.2. The maximum atomic E-state index is 11.9. The number of carbonyl (C=O) groups excluding carboxylic acids is 1. The van der Waals surface area contributed by atoms with Gasteiger partial charge in [0.25, 0.3) is 5.91 Å². The average molecular weight is 257 g/mol. The molecule has 7 nitrogen and oxygen atoms in total. The lowest BCUT2D eigenvalue weighted by Crippen LogP contribution is -2.12. The summed E-state index contributed by atoms with van der Waals surface area (Å²) in [4.78, 5) is 15.8. The van der Waals surface area contributed by atoms with Crippen molar-refractivity contribution < 1.29 is 9.21 Å². The van der Waals surface area contributed by atoms with E-state index in [4.69, 9.17) is 10.2 Å². The number of pyridine rings is 1. The number of aromatic nitrogens is 3. The molecule has 0 saturated carbocycles. The maximum Gasteiger partial charge on any atom is 0.322 e. The molecule has 0 aliphatic carbocycles. The van der Waals surface area contributed by atoms with Gasteiger partial charge >= 0.3 is 6.01 Å². The van der Waals surface area contributed by atoms with Gasteiger partial charge in [0.05, 0.1) is 12.1 Å². The molecule has 0 radical (unpaired) electrons. The molecule has 2 heterocycles. The number of hydrogen-bond donors (Lipinski definition) is 2. The van der Waals surface area contributed by atoms with E-state index in [2.05, 4.69) is 32.3 Å². The fourth-order valence-electron chi connectivity index (χ4n) is 1.30. The van der Waals surface area contributed by atoms with Gasteiger partial charge in [-0.15, -0.1) is 5.10 Å². The molecule has 2 aromatic heterocycles. The third-order valence-corrected chi connectivity index (χ3v) is 2.08. The van der Waals surface area contributed by atoms with E-state index in [1.807, 2.05) is 0 Å². The number of aryl methyl sites for hydroxylation is 1. The Morgan fingerprint density at radius 1 is 1.47 bits per heavy atom. The first-order valence-electron chi connectivity index (χ1n) is 5.44. The van der Waals surface area contributed by atoms with Crippen LogP contribution in [0.5, 0.6) is 0 Å². The summed E-state index contributed by atoms with van der Waals surface area (Å²) < 4.78 is 5.05. The topological polar surface area (TPSA) is 107 Å². The number of nitrogens with one attached hydrogen (secondary N) is 1. The van der Waals surface area contributed by atoms with Gasteiger partial charge in [-0.25, -0.2) is 0 Å². The summed E-state index contributed by atoms with van der Waals surface area (Å²) in [6.07, 6.45) is 2.97. The quantitative estimate of drug-likeness (QED) is 0.751. The highest BCUT2D eigenvalue weighted by Gasteiger charge is 2.10. The standard InChI is InChI=1S/C12H11N5O2/c1-8-16-17-12(19-8)15-11(18)10-5-9(3-2-4-13)6-14-7-10/h5-7H,4,13H2,1H3,(H,15,17,18). The van der Waals surface area contributed by atoms with Gasteiger partial charge in [-0.3, -0.25) is 15.1 Å². The highest BCUT2D eigenvalue weighted by molar-refractivity contribution is 6.03. The Labute approximate surface area is 109 Å². The van der Waals surface area contributed by atoms with Gasteiger partial charge in [0.1, 0.15) is 0 Å². The minimum Gasteiger partial charge on any atom is -0.408 e. The van der Waals surface area contributed by atoms with Crippen LogP contribution in [0.2, 0.25) is 0 Å². The molecule has 3 N–H and O–H groups in total. The van der Waals surface area contributed by atoms with E-state index >= 15 is 0 Å². The van der Waals surface area contributed by atoms with Crippen LogP contribution in [0.3, 0.4) is 0 Å². The molecule has 96 valence electrons. The molecule has 0 aromatic carbocycles. The molecule has 0 aliphatic rings. The van der Waals surface area contributed by atoms with E-state index in [0.717, 1.165) is 0 Å². The van der Waals surface area contributed by atoms with Crippen molar-refractivity contribution in [1.82, 2.24) is 15.2 Å². The number of nitrogens with two attached hydrogens (primary N) is 1. The van der Waals surface area contributed by atoms with Gasteiger partial charge in [0.2, 0.25) is 5.89 Å². The molecule has 0 unspecified atom stereocenters. The molecular formula is C12H11N5O2. The summed E-state index contributed by atoms with van der Waals surface area (Å²) in [6.45, 7) is 1.88. The zero-order valence-corrected chi connectivity index (χ0v) is 10.2. The van der Waals surface area contributed by atoms with Crippen LogP contribution >= 0.6 is 0 Å². The summed E-state index contributed by atoms with van der Waals surface area (Å²) >= 11 is 0. The van der Waals surface area contributed by atoms with Gasteiger partial charge in [-0.2, -0.15) is 0 Å². The first-order chi connectivity index (χ1) is 9.19. The minimum absolute atomic E-state index is 0.0425. The SMILES string of the molecule is Cc1nnc(NC(=O)c2cncc(C#CCN)c2)o1. The van der Waals surface area contributed by atoms with Crippen molar-refractivity contribution >= 4 is 11.9 Å². The second-order valence-corrected chi connectivity index (χ2v) is 3.55. The second-order valence-electron chi connectivity index (χ2n) is 3.55. The summed E-state index contributed by atoms with van der Waals surface area (Å²) in [5, 5.41) is 9.75. The number of nitrogens with zero attached hydrogens (tertiary/aromatic N) is 3. The number of hydrogen-bond acceptors (Lipinski definition) is 6. The molecule has 0 saturated heterocycles. The van der Waals surface area contributed by atoms with Crippen molar-refractivity contribution in [2.45, 2.75) is 6.92 Å². The van der Waals surface area contributed by atoms with Crippen LogP contribution in [-0.4, -0.2) is 27.6 Å². The van der Waals surface area contributed by atoms with E-state index < -0.39 is 5.91 Å². The van der Waals surface area contributed by atoms with Crippen LogP contribution in [-0.2, 0) is 0 Å². The maximum absolute atomic E-state index is 11.9. The van der Waals surface area contributed by atoms with Crippen LogP contribution in [0, 0.1) is 18.8 Å². The predicted octanol–water partition coefficient (Wildman–Crippen LogP) is 0.336. The van der Waals surface area contributed by atoms with Gasteiger partial charge in [0.15, 0.2) is 0 Å². The Morgan fingerprint density at radius 3 is 3.00 bits per heavy atom. The highest BCUT2D eigenvalue weighted by atomic mass is 16.4. The average Bonchev–Trinajstić information content (AvgIpc) is 2.82. The van der Waals surface area contributed by atoms with Crippen molar-refractivity contribution in [1.29, 1.82) is 0 Å². The minimum atomic E-state index is -0.396. The van der Waals surface area contributed by atoms with Crippen LogP contribution in [0.15, 0.2) is 22.9 Å². The largest absolute Gasteiger partial charge is 0.408 e. The number of amides is 1. The van der Waals surface area contributed by atoms with Crippen molar-refractivity contribution in [2.75, 3.05) is 11.9 Å². The first-order valence-corrected chi connectivity index (χ1v) is 5.44. The first kappa shape index (κ1) is 12.7. The summed E-state index contributed by atoms with van der Waals surface area (Å²) in [5.41, 5.74) is 6.24. The Bertz CT molecular complexity index is 653. The van der Waals surface area contributed by atoms with E-state index in [-0.39, 0.29) is 12.6 Å². The molecule has 0 aliphatic heterocycles. The van der Waals surface area contributed by atoms with Crippen LogP contribution in [0.25, 0.3) is 0 Å². The number of rotatable bonds is 2. The monoisotopic (exact) mass is 257 g/mol. The Morgan fingerprint density at radius 2 is 2.32 bits per heavy atom. The lowest BCUT2D eigenvalue weighted by atomic mass is 10.2. The van der Waals surface area contributed by atoms with Crippen molar-refractivity contribution in [3.8, 4) is 11.8 Å². The van der Waals surface area contributed by atoms with Gasteiger partial charge in [0, 0.05) is 24.9 Å².